The molecule has 0 aliphatic carbocycles. The predicted molar refractivity (Wildman–Crippen MR) is 119 cm³/mol. The lowest BCUT2D eigenvalue weighted by atomic mass is 9.87. The van der Waals surface area contributed by atoms with Gasteiger partial charge in [0.05, 0.1) is 19.4 Å². The van der Waals surface area contributed by atoms with Crippen LogP contribution in [0.3, 0.4) is 0 Å². The Bertz CT molecular complexity index is 1120. The number of aromatic nitrogens is 1. The molecule has 3 aromatic rings. The van der Waals surface area contributed by atoms with Crippen LogP contribution < -0.4 is 5.32 Å². The highest BCUT2D eigenvalue weighted by Gasteiger charge is 2.28. The van der Waals surface area contributed by atoms with Crippen LogP contribution in [-0.4, -0.2) is 30.2 Å². The number of rotatable bonds is 7. The molecule has 9 heteroatoms. The molecule has 3 rings (SSSR count). The van der Waals surface area contributed by atoms with Crippen LogP contribution in [0.25, 0.3) is 0 Å². The monoisotopic (exact) mass is 461 g/mol. The number of nitrogens with zero attached hydrogens (tertiary/aromatic N) is 2. The summed E-state index contributed by atoms with van der Waals surface area (Å²) in [5.74, 6) is -0.0617. The van der Waals surface area contributed by atoms with Gasteiger partial charge in [0.2, 0.25) is 15.9 Å². The third-order valence-electron chi connectivity index (χ3n) is 4.60. The summed E-state index contributed by atoms with van der Waals surface area (Å²) in [4.78, 5) is 16.5. The topological polar surface area (TPSA) is 92.5 Å². The van der Waals surface area contributed by atoms with Gasteiger partial charge in [0.25, 0.3) is 0 Å². The summed E-state index contributed by atoms with van der Waals surface area (Å²) in [6, 6.07) is 13.5. The van der Waals surface area contributed by atoms with Gasteiger partial charge in [-0.1, -0.05) is 44.5 Å². The van der Waals surface area contributed by atoms with Gasteiger partial charge in [0.15, 0.2) is 0 Å². The van der Waals surface area contributed by atoms with E-state index >= 15 is 0 Å². The Morgan fingerprint density at radius 2 is 1.84 bits per heavy atom. The molecule has 1 N–H and O–H groups in total. The molecule has 164 valence electrons. The fourth-order valence-electron chi connectivity index (χ4n) is 2.88. The van der Waals surface area contributed by atoms with Gasteiger partial charge in [-0.2, -0.15) is 4.31 Å². The van der Waals surface area contributed by atoms with Crippen molar-refractivity contribution in [1.29, 1.82) is 0 Å². The van der Waals surface area contributed by atoms with Gasteiger partial charge in [0, 0.05) is 11.9 Å². The van der Waals surface area contributed by atoms with Crippen LogP contribution in [0.1, 0.15) is 32.1 Å². The Labute approximate surface area is 187 Å². The summed E-state index contributed by atoms with van der Waals surface area (Å²) >= 11 is 5.77. The van der Waals surface area contributed by atoms with Gasteiger partial charge in [-0.25, -0.2) is 13.4 Å². The Morgan fingerprint density at radius 1 is 1.13 bits per heavy atom. The molecule has 0 atom stereocenters. The number of carbonyl (C=O) groups excluding carboxylic acids is 1. The van der Waals surface area contributed by atoms with E-state index in [-0.39, 0.29) is 22.0 Å². The van der Waals surface area contributed by atoms with E-state index in [9.17, 15) is 13.2 Å². The maximum atomic E-state index is 13.1. The molecule has 0 aliphatic heterocycles. The average molecular weight is 462 g/mol. The van der Waals surface area contributed by atoms with E-state index in [1.165, 1.54) is 18.4 Å². The Kier molecular flexibility index (Phi) is 6.83. The molecule has 2 aromatic heterocycles. The molecular formula is C22H24ClN3O4S. The number of pyridine rings is 1. The van der Waals surface area contributed by atoms with Crippen molar-refractivity contribution >= 4 is 33.2 Å². The number of anilines is 1. The predicted octanol–water partition coefficient (Wildman–Crippen LogP) is 4.46. The highest BCUT2D eigenvalue weighted by Crippen LogP contribution is 2.24. The summed E-state index contributed by atoms with van der Waals surface area (Å²) in [6.45, 7) is 5.80. The molecule has 0 saturated heterocycles. The smallest absolute Gasteiger partial charge is 0.245 e. The lowest BCUT2D eigenvalue weighted by Crippen LogP contribution is -2.37. The zero-order valence-corrected chi connectivity index (χ0v) is 19.1. The fraction of sp³-hybridized carbons (Fsp3) is 0.273. The minimum atomic E-state index is -4.02. The van der Waals surface area contributed by atoms with Crippen LogP contribution in [0.2, 0.25) is 5.15 Å². The van der Waals surface area contributed by atoms with Crippen LogP contribution in [0.4, 0.5) is 5.69 Å². The van der Waals surface area contributed by atoms with Crippen molar-refractivity contribution < 1.29 is 17.6 Å². The van der Waals surface area contributed by atoms with E-state index in [1.54, 1.807) is 24.3 Å². The number of sulfonamides is 1. The van der Waals surface area contributed by atoms with Crippen LogP contribution in [0, 0.1) is 0 Å². The molecule has 1 aromatic carbocycles. The maximum absolute atomic E-state index is 13.1. The van der Waals surface area contributed by atoms with E-state index in [1.807, 2.05) is 12.1 Å². The van der Waals surface area contributed by atoms with E-state index in [2.05, 4.69) is 31.1 Å². The van der Waals surface area contributed by atoms with Crippen molar-refractivity contribution in [3.05, 3.63) is 77.5 Å². The molecule has 0 fully saturated rings. The fourth-order valence-corrected chi connectivity index (χ4v) is 4.30. The second-order valence-electron chi connectivity index (χ2n) is 8.04. The number of furan rings is 1. The molecule has 1 amide bonds. The molecule has 0 spiro atoms. The van der Waals surface area contributed by atoms with Gasteiger partial charge < -0.3 is 9.73 Å². The first kappa shape index (κ1) is 23.0. The highest BCUT2D eigenvalue weighted by atomic mass is 35.5. The number of carbonyl (C=O) groups is 1. The quantitative estimate of drug-likeness (QED) is 0.524. The van der Waals surface area contributed by atoms with Crippen LogP contribution >= 0.6 is 11.6 Å². The minimum Gasteiger partial charge on any atom is -0.468 e. The molecule has 0 aliphatic rings. The largest absolute Gasteiger partial charge is 0.468 e. The van der Waals surface area contributed by atoms with Crippen molar-refractivity contribution in [2.24, 2.45) is 0 Å². The van der Waals surface area contributed by atoms with Gasteiger partial charge in [-0.15, -0.1) is 0 Å². The Balaban J connectivity index is 1.79. The lowest BCUT2D eigenvalue weighted by Gasteiger charge is -2.21. The van der Waals surface area contributed by atoms with Crippen LogP contribution in [0.15, 0.2) is 70.3 Å². The van der Waals surface area contributed by atoms with Crippen molar-refractivity contribution in [1.82, 2.24) is 9.29 Å². The number of amides is 1. The van der Waals surface area contributed by atoms with E-state index in [0.717, 1.165) is 16.1 Å². The molecule has 0 saturated carbocycles. The van der Waals surface area contributed by atoms with Gasteiger partial charge >= 0.3 is 0 Å². The highest BCUT2D eigenvalue weighted by molar-refractivity contribution is 7.89. The molecule has 0 unspecified atom stereocenters. The summed E-state index contributed by atoms with van der Waals surface area (Å²) in [7, 11) is -4.02. The molecule has 0 bridgehead atoms. The van der Waals surface area contributed by atoms with E-state index < -0.39 is 22.5 Å². The zero-order valence-electron chi connectivity index (χ0n) is 17.5. The first-order valence-corrected chi connectivity index (χ1v) is 11.4. The van der Waals surface area contributed by atoms with Gasteiger partial charge in [0.1, 0.15) is 15.8 Å². The number of nitrogens with one attached hydrogen (secondary N) is 1. The van der Waals surface area contributed by atoms with Crippen LogP contribution in [0.5, 0.6) is 0 Å². The second-order valence-corrected chi connectivity index (χ2v) is 10.4. The number of hydrogen-bond donors (Lipinski definition) is 1. The SMILES string of the molecule is CC(C)(C)c1ccc(NC(=O)CN(Cc2ccco2)S(=O)(=O)c2ccc(Cl)nc2)cc1. The van der Waals surface area contributed by atoms with Crippen molar-refractivity contribution in [2.75, 3.05) is 11.9 Å². The standard InChI is InChI=1S/C22H24ClN3O4S/c1-22(2,3)16-6-8-17(9-7-16)25-21(27)15-26(14-18-5-4-12-30-18)31(28,29)19-10-11-20(23)24-13-19/h4-13H,14-15H2,1-3H3,(H,25,27). The summed E-state index contributed by atoms with van der Waals surface area (Å²) in [6.07, 6.45) is 2.61. The second kappa shape index (κ2) is 9.21. The van der Waals surface area contributed by atoms with E-state index in [0.29, 0.717) is 11.4 Å². The molecule has 2 heterocycles. The Morgan fingerprint density at radius 3 is 2.39 bits per heavy atom. The third kappa shape index (κ3) is 5.94. The molecule has 0 radical (unpaired) electrons. The summed E-state index contributed by atoms with van der Waals surface area (Å²) < 4.78 is 32.6. The normalized spacial score (nSPS) is 12.2. The summed E-state index contributed by atoms with van der Waals surface area (Å²) in [5, 5.41) is 2.92. The Hall–Kier alpha value is -2.68. The summed E-state index contributed by atoms with van der Waals surface area (Å²) in [5.41, 5.74) is 1.70. The third-order valence-corrected chi connectivity index (χ3v) is 6.60. The van der Waals surface area contributed by atoms with Crippen molar-refractivity contribution in [3.63, 3.8) is 0 Å². The molecule has 31 heavy (non-hydrogen) atoms. The van der Waals surface area contributed by atoms with E-state index in [4.69, 9.17) is 16.0 Å². The lowest BCUT2D eigenvalue weighted by molar-refractivity contribution is -0.116. The molecule has 7 nitrogen and oxygen atoms in total. The van der Waals surface area contributed by atoms with Crippen molar-refractivity contribution in [2.45, 2.75) is 37.6 Å². The first-order valence-electron chi connectivity index (χ1n) is 9.60. The number of benzene rings is 1. The van der Waals surface area contributed by atoms with Crippen molar-refractivity contribution in [3.8, 4) is 0 Å². The number of halogens is 1. The number of hydrogen-bond acceptors (Lipinski definition) is 5. The van der Waals surface area contributed by atoms with Gasteiger partial charge in [-0.3, -0.25) is 4.79 Å². The maximum Gasteiger partial charge on any atom is 0.245 e. The molecular weight excluding hydrogens is 438 g/mol. The van der Waals surface area contributed by atoms with Gasteiger partial charge in [-0.05, 0) is 47.4 Å². The minimum absolute atomic E-state index is 0.0108. The average Bonchev–Trinajstić information content (AvgIpc) is 3.21. The zero-order chi connectivity index (χ0) is 22.6. The van der Waals surface area contributed by atoms with Crippen LogP contribution in [-0.2, 0) is 26.8 Å². The first-order chi connectivity index (χ1) is 14.6.